The van der Waals surface area contributed by atoms with Gasteiger partial charge in [-0.25, -0.2) is 9.86 Å². The van der Waals surface area contributed by atoms with E-state index in [0.717, 1.165) is 10.5 Å². The van der Waals surface area contributed by atoms with E-state index in [1.165, 1.54) is 14.1 Å². The minimum atomic E-state index is -0.654. The van der Waals surface area contributed by atoms with Crippen LogP contribution in [-0.2, 0) is 11.3 Å². The highest BCUT2D eigenvalue weighted by atomic mass is 35.5. The van der Waals surface area contributed by atoms with Crippen molar-refractivity contribution in [3.05, 3.63) is 34.9 Å². The molecular weight excluding hydrogens is 270 g/mol. The second kappa shape index (κ2) is 6.96. The zero-order valence-electron chi connectivity index (χ0n) is 10.8. The smallest absolute Gasteiger partial charge is 0.344 e. The number of amides is 3. The van der Waals surface area contributed by atoms with Gasteiger partial charge in [0.25, 0.3) is 0 Å². The zero-order chi connectivity index (χ0) is 14.4. The second-order valence-electron chi connectivity index (χ2n) is 4.00. The third-order valence-corrected chi connectivity index (χ3v) is 2.70. The van der Waals surface area contributed by atoms with Crippen molar-refractivity contribution in [2.24, 2.45) is 0 Å². The number of hydrogen-bond donors (Lipinski definition) is 2. The Morgan fingerprint density at radius 1 is 1.32 bits per heavy atom. The molecule has 1 aromatic rings. The summed E-state index contributed by atoms with van der Waals surface area (Å²) in [5, 5.41) is 13.2. The van der Waals surface area contributed by atoms with E-state index in [-0.39, 0.29) is 19.0 Å². The van der Waals surface area contributed by atoms with Crippen molar-refractivity contribution in [1.82, 2.24) is 15.3 Å². The fraction of sp³-hybridized carbons (Fsp3) is 0.333. The number of hydrogen-bond acceptors (Lipinski definition) is 3. The highest BCUT2D eigenvalue weighted by Gasteiger charge is 2.18. The van der Waals surface area contributed by atoms with Gasteiger partial charge < -0.3 is 10.2 Å². The average molecular weight is 286 g/mol. The number of urea groups is 1. The molecule has 0 heterocycles. The van der Waals surface area contributed by atoms with Crippen molar-refractivity contribution >= 4 is 23.5 Å². The molecule has 1 aromatic carbocycles. The Bertz CT molecular complexity index is 450. The quantitative estimate of drug-likeness (QED) is 0.647. The maximum Gasteiger partial charge on any atom is 0.344 e. The summed E-state index contributed by atoms with van der Waals surface area (Å²) in [7, 11) is 2.91. The van der Waals surface area contributed by atoms with Crippen LogP contribution in [0.15, 0.2) is 24.3 Å². The van der Waals surface area contributed by atoms with Gasteiger partial charge in [-0.1, -0.05) is 23.7 Å². The van der Waals surface area contributed by atoms with Crippen LogP contribution in [0.5, 0.6) is 0 Å². The lowest BCUT2D eigenvalue weighted by atomic mass is 10.2. The summed E-state index contributed by atoms with van der Waals surface area (Å²) in [5.74, 6) is -0.309. The Labute approximate surface area is 116 Å². The number of halogens is 1. The van der Waals surface area contributed by atoms with E-state index in [0.29, 0.717) is 10.1 Å². The lowest BCUT2D eigenvalue weighted by Gasteiger charge is -2.22. The summed E-state index contributed by atoms with van der Waals surface area (Å²) in [6, 6.07) is 6.10. The molecule has 0 saturated heterocycles. The van der Waals surface area contributed by atoms with Gasteiger partial charge in [0.15, 0.2) is 0 Å². The molecule has 2 N–H and O–H groups in total. The van der Waals surface area contributed by atoms with Crippen molar-refractivity contribution in [2.45, 2.75) is 6.54 Å². The van der Waals surface area contributed by atoms with E-state index in [4.69, 9.17) is 11.6 Å². The molecule has 19 heavy (non-hydrogen) atoms. The maximum atomic E-state index is 11.8. The summed E-state index contributed by atoms with van der Waals surface area (Å²) in [5.41, 5.74) is 0.730. The van der Waals surface area contributed by atoms with Crippen LogP contribution in [0.4, 0.5) is 4.79 Å². The summed E-state index contributed by atoms with van der Waals surface area (Å²) >= 11 is 5.74. The first kappa shape index (κ1) is 15.3. The molecule has 0 saturated carbocycles. The standard InChI is InChI=1S/C12H16ClN3O3/c1-14-11(17)8-15(2)12(18)16(19)7-9-3-5-10(13)6-4-9/h3-6,19H,7-8H2,1-2H3,(H,14,17). The zero-order valence-corrected chi connectivity index (χ0v) is 11.5. The molecule has 0 aliphatic heterocycles. The number of carbonyl (C=O) groups is 2. The van der Waals surface area contributed by atoms with Gasteiger partial charge >= 0.3 is 6.03 Å². The number of carbonyl (C=O) groups excluding carboxylic acids is 2. The van der Waals surface area contributed by atoms with Gasteiger partial charge in [-0.05, 0) is 17.7 Å². The van der Waals surface area contributed by atoms with Crippen molar-refractivity contribution < 1.29 is 14.8 Å². The first-order chi connectivity index (χ1) is 8.93. The molecule has 0 unspecified atom stereocenters. The van der Waals surface area contributed by atoms with E-state index in [1.54, 1.807) is 24.3 Å². The number of benzene rings is 1. The van der Waals surface area contributed by atoms with E-state index < -0.39 is 6.03 Å². The molecule has 0 aliphatic carbocycles. The van der Waals surface area contributed by atoms with Crippen LogP contribution in [0.3, 0.4) is 0 Å². The minimum absolute atomic E-state index is 0.0219. The fourth-order valence-electron chi connectivity index (χ4n) is 1.39. The van der Waals surface area contributed by atoms with E-state index in [1.807, 2.05) is 0 Å². The topological polar surface area (TPSA) is 72.9 Å². The molecule has 3 amide bonds. The average Bonchev–Trinajstić information content (AvgIpc) is 2.40. The molecule has 1 rings (SSSR count). The van der Waals surface area contributed by atoms with Crippen molar-refractivity contribution in [2.75, 3.05) is 20.6 Å². The van der Waals surface area contributed by atoms with Gasteiger partial charge in [0.2, 0.25) is 5.91 Å². The van der Waals surface area contributed by atoms with Crippen molar-refractivity contribution in [1.29, 1.82) is 0 Å². The van der Waals surface area contributed by atoms with E-state index >= 15 is 0 Å². The van der Waals surface area contributed by atoms with Crippen LogP contribution >= 0.6 is 11.6 Å². The van der Waals surface area contributed by atoms with Crippen LogP contribution in [0, 0.1) is 0 Å². The van der Waals surface area contributed by atoms with Crippen LogP contribution in [0.25, 0.3) is 0 Å². The van der Waals surface area contributed by atoms with E-state index in [2.05, 4.69) is 5.32 Å². The Morgan fingerprint density at radius 3 is 2.42 bits per heavy atom. The molecule has 0 atom stereocenters. The molecule has 104 valence electrons. The molecular formula is C12H16ClN3O3. The van der Waals surface area contributed by atoms with Gasteiger partial charge in [-0.2, -0.15) is 0 Å². The number of hydroxylamine groups is 2. The normalized spacial score (nSPS) is 9.89. The molecule has 0 spiro atoms. The Kier molecular flexibility index (Phi) is 5.59. The summed E-state index contributed by atoms with van der Waals surface area (Å²) in [4.78, 5) is 24.0. The van der Waals surface area contributed by atoms with Crippen LogP contribution in [0.1, 0.15) is 5.56 Å². The molecule has 0 bridgehead atoms. The molecule has 0 radical (unpaired) electrons. The van der Waals surface area contributed by atoms with Gasteiger partial charge in [0.1, 0.15) is 6.54 Å². The summed E-state index contributed by atoms with van der Waals surface area (Å²) in [6.07, 6.45) is 0. The molecule has 0 aliphatic rings. The first-order valence-corrected chi connectivity index (χ1v) is 5.98. The maximum absolute atomic E-state index is 11.8. The molecule has 6 nitrogen and oxygen atoms in total. The number of nitrogens with one attached hydrogen (secondary N) is 1. The highest BCUT2D eigenvalue weighted by Crippen LogP contribution is 2.11. The van der Waals surface area contributed by atoms with Crippen molar-refractivity contribution in [3.8, 4) is 0 Å². The van der Waals surface area contributed by atoms with Crippen LogP contribution in [0.2, 0.25) is 5.02 Å². The first-order valence-electron chi connectivity index (χ1n) is 5.60. The third-order valence-electron chi connectivity index (χ3n) is 2.45. The summed E-state index contributed by atoms with van der Waals surface area (Å²) in [6.45, 7) is -0.0961. The Morgan fingerprint density at radius 2 is 1.89 bits per heavy atom. The Balaban J connectivity index is 2.57. The lowest BCUT2D eigenvalue weighted by molar-refractivity contribution is -0.121. The van der Waals surface area contributed by atoms with Crippen molar-refractivity contribution in [3.63, 3.8) is 0 Å². The molecule has 7 heteroatoms. The highest BCUT2D eigenvalue weighted by molar-refractivity contribution is 6.30. The fourth-order valence-corrected chi connectivity index (χ4v) is 1.52. The van der Waals surface area contributed by atoms with Gasteiger partial charge in [-0.15, -0.1) is 0 Å². The van der Waals surface area contributed by atoms with Gasteiger partial charge in [-0.3, -0.25) is 10.0 Å². The molecule has 0 fully saturated rings. The summed E-state index contributed by atoms with van der Waals surface area (Å²) < 4.78 is 0. The molecule has 0 aromatic heterocycles. The number of nitrogens with zero attached hydrogens (tertiary/aromatic N) is 2. The van der Waals surface area contributed by atoms with Crippen LogP contribution in [-0.4, -0.2) is 47.7 Å². The predicted octanol–water partition coefficient (Wildman–Crippen LogP) is 1.33. The second-order valence-corrected chi connectivity index (χ2v) is 4.43. The Hall–Kier alpha value is -1.79. The monoisotopic (exact) mass is 285 g/mol. The lowest BCUT2D eigenvalue weighted by Crippen LogP contribution is -2.43. The number of likely N-dealkylation sites (N-methyl/N-ethyl adjacent to an activating group) is 2. The van der Waals surface area contributed by atoms with Crippen LogP contribution < -0.4 is 5.32 Å². The van der Waals surface area contributed by atoms with Gasteiger partial charge in [0.05, 0.1) is 6.54 Å². The SMILES string of the molecule is CNC(=O)CN(C)C(=O)N(O)Cc1ccc(Cl)cc1. The third kappa shape index (κ3) is 4.76. The van der Waals surface area contributed by atoms with E-state index in [9.17, 15) is 14.8 Å². The minimum Gasteiger partial charge on any atom is -0.358 e. The van der Waals surface area contributed by atoms with Gasteiger partial charge in [0, 0.05) is 19.1 Å². The number of rotatable bonds is 4. The predicted molar refractivity (Wildman–Crippen MR) is 70.9 cm³/mol. The largest absolute Gasteiger partial charge is 0.358 e.